The van der Waals surface area contributed by atoms with Gasteiger partial charge in [-0.15, -0.1) is 24.0 Å². The SMILES string of the molecule is CCNC(=NCC(C)(O)c1ccco1)NCCOCC1CC1.I. The number of nitrogens with one attached hydrogen (secondary N) is 2. The van der Waals surface area contributed by atoms with Gasteiger partial charge in [-0.05, 0) is 44.7 Å². The molecule has 1 saturated carbocycles. The number of aliphatic imine (C=N–C) groups is 1. The Morgan fingerprint density at radius 2 is 2.26 bits per heavy atom. The van der Waals surface area contributed by atoms with Crippen LogP contribution in [0.25, 0.3) is 0 Å². The minimum absolute atomic E-state index is 0. The monoisotopic (exact) mass is 437 g/mol. The number of furan rings is 1. The molecule has 0 spiro atoms. The molecule has 1 atom stereocenters. The molecule has 3 N–H and O–H groups in total. The van der Waals surface area contributed by atoms with Crippen molar-refractivity contribution < 1.29 is 14.3 Å². The number of ether oxygens (including phenoxy) is 1. The van der Waals surface area contributed by atoms with Crippen LogP contribution in [-0.2, 0) is 10.3 Å². The van der Waals surface area contributed by atoms with E-state index in [0.29, 0.717) is 24.9 Å². The third kappa shape index (κ3) is 7.54. The fraction of sp³-hybridized carbons (Fsp3) is 0.688. The predicted molar refractivity (Wildman–Crippen MR) is 101 cm³/mol. The third-order valence-corrected chi connectivity index (χ3v) is 3.53. The van der Waals surface area contributed by atoms with Crippen LogP contribution in [0.4, 0.5) is 0 Å². The average Bonchev–Trinajstić information content (AvgIpc) is 3.14. The van der Waals surface area contributed by atoms with Gasteiger partial charge in [0.15, 0.2) is 5.96 Å². The Morgan fingerprint density at radius 1 is 1.48 bits per heavy atom. The van der Waals surface area contributed by atoms with Crippen molar-refractivity contribution in [1.82, 2.24) is 10.6 Å². The summed E-state index contributed by atoms with van der Waals surface area (Å²) in [6.07, 6.45) is 4.16. The smallest absolute Gasteiger partial charge is 0.191 e. The van der Waals surface area contributed by atoms with Gasteiger partial charge in [-0.25, -0.2) is 4.99 Å². The van der Waals surface area contributed by atoms with Gasteiger partial charge < -0.3 is 24.9 Å². The van der Waals surface area contributed by atoms with Crippen LogP contribution >= 0.6 is 24.0 Å². The number of guanidine groups is 1. The summed E-state index contributed by atoms with van der Waals surface area (Å²) < 4.78 is 10.8. The van der Waals surface area contributed by atoms with E-state index >= 15 is 0 Å². The van der Waals surface area contributed by atoms with Gasteiger partial charge in [0.05, 0.1) is 19.4 Å². The maximum Gasteiger partial charge on any atom is 0.191 e. The summed E-state index contributed by atoms with van der Waals surface area (Å²) in [7, 11) is 0. The fourth-order valence-electron chi connectivity index (χ4n) is 2.01. The van der Waals surface area contributed by atoms with Crippen molar-refractivity contribution in [3.8, 4) is 0 Å². The summed E-state index contributed by atoms with van der Waals surface area (Å²) in [5.74, 6) is 1.97. The molecule has 1 aliphatic carbocycles. The molecule has 1 aromatic heterocycles. The van der Waals surface area contributed by atoms with E-state index < -0.39 is 5.60 Å². The van der Waals surface area contributed by atoms with Crippen LogP contribution in [0, 0.1) is 5.92 Å². The Bertz CT molecular complexity index is 459. The molecule has 7 heteroatoms. The second-order valence-corrected chi connectivity index (χ2v) is 5.89. The van der Waals surface area contributed by atoms with Crippen LogP contribution in [0.3, 0.4) is 0 Å². The molecule has 132 valence electrons. The summed E-state index contributed by atoms with van der Waals surface area (Å²) in [6, 6.07) is 3.51. The van der Waals surface area contributed by atoms with E-state index in [9.17, 15) is 5.11 Å². The molecule has 0 radical (unpaired) electrons. The molecule has 2 rings (SSSR count). The van der Waals surface area contributed by atoms with E-state index in [1.54, 1.807) is 25.3 Å². The van der Waals surface area contributed by atoms with Crippen molar-refractivity contribution in [3.63, 3.8) is 0 Å². The van der Waals surface area contributed by atoms with Crippen molar-refractivity contribution in [1.29, 1.82) is 0 Å². The quantitative estimate of drug-likeness (QED) is 0.239. The highest BCUT2D eigenvalue weighted by Gasteiger charge is 2.26. The summed E-state index contributed by atoms with van der Waals surface area (Å²) in [5, 5.41) is 16.7. The fourth-order valence-corrected chi connectivity index (χ4v) is 2.01. The largest absolute Gasteiger partial charge is 0.466 e. The van der Waals surface area contributed by atoms with Gasteiger partial charge in [-0.1, -0.05) is 0 Å². The Labute approximate surface area is 155 Å². The van der Waals surface area contributed by atoms with Gasteiger partial charge >= 0.3 is 0 Å². The third-order valence-electron chi connectivity index (χ3n) is 3.53. The standard InChI is InChI=1S/C16H27N3O3.HI/c1-3-17-15(18-8-10-21-11-13-6-7-13)19-12-16(2,20)14-5-4-9-22-14;/h4-5,9,13,20H,3,6-8,10-12H2,1-2H3,(H2,17,18,19);1H. The summed E-state index contributed by atoms with van der Waals surface area (Å²) >= 11 is 0. The number of aliphatic hydroxyl groups is 1. The van der Waals surface area contributed by atoms with Gasteiger partial charge in [0.25, 0.3) is 0 Å². The summed E-state index contributed by atoms with van der Waals surface area (Å²) in [5.41, 5.74) is -1.12. The lowest BCUT2D eigenvalue weighted by atomic mass is 10.0. The summed E-state index contributed by atoms with van der Waals surface area (Å²) in [6.45, 7) is 6.90. The second-order valence-electron chi connectivity index (χ2n) is 5.89. The number of nitrogens with zero attached hydrogens (tertiary/aromatic N) is 1. The van der Waals surface area contributed by atoms with E-state index in [1.807, 2.05) is 6.92 Å². The van der Waals surface area contributed by atoms with Crippen LogP contribution in [-0.4, -0.2) is 43.9 Å². The van der Waals surface area contributed by atoms with Gasteiger partial charge in [0.2, 0.25) is 0 Å². The van der Waals surface area contributed by atoms with Gasteiger partial charge in [0.1, 0.15) is 11.4 Å². The molecule has 1 fully saturated rings. The number of hydrogen-bond donors (Lipinski definition) is 3. The molecular formula is C16H28IN3O3. The van der Waals surface area contributed by atoms with Gasteiger partial charge in [-0.2, -0.15) is 0 Å². The van der Waals surface area contributed by atoms with E-state index in [2.05, 4.69) is 15.6 Å². The zero-order valence-corrected chi connectivity index (χ0v) is 16.2. The minimum Gasteiger partial charge on any atom is -0.466 e. The first-order valence-corrected chi connectivity index (χ1v) is 7.98. The van der Waals surface area contributed by atoms with E-state index in [0.717, 1.165) is 19.1 Å². The first kappa shape index (κ1) is 20.2. The highest BCUT2D eigenvalue weighted by atomic mass is 127. The van der Waals surface area contributed by atoms with Crippen molar-refractivity contribution >= 4 is 29.9 Å². The summed E-state index contributed by atoms with van der Waals surface area (Å²) in [4.78, 5) is 4.42. The van der Waals surface area contributed by atoms with Crippen molar-refractivity contribution in [2.45, 2.75) is 32.3 Å². The molecule has 0 aromatic carbocycles. The van der Waals surface area contributed by atoms with Crippen LogP contribution in [0.5, 0.6) is 0 Å². The molecule has 1 unspecified atom stereocenters. The zero-order valence-electron chi connectivity index (χ0n) is 13.9. The van der Waals surface area contributed by atoms with Crippen molar-refractivity contribution in [2.24, 2.45) is 10.9 Å². The molecule has 23 heavy (non-hydrogen) atoms. The second kappa shape index (κ2) is 10.1. The number of rotatable bonds is 9. The Morgan fingerprint density at radius 3 is 2.87 bits per heavy atom. The average molecular weight is 437 g/mol. The lowest BCUT2D eigenvalue weighted by molar-refractivity contribution is 0.0437. The van der Waals surface area contributed by atoms with Crippen LogP contribution in [0.2, 0.25) is 0 Å². The zero-order chi connectivity index (χ0) is 15.8. The maximum absolute atomic E-state index is 10.4. The number of halogens is 1. The molecule has 1 aromatic rings. The highest BCUT2D eigenvalue weighted by molar-refractivity contribution is 14.0. The Hall–Kier alpha value is -0.800. The molecule has 0 saturated heterocycles. The van der Waals surface area contributed by atoms with Crippen LogP contribution in [0.1, 0.15) is 32.4 Å². The van der Waals surface area contributed by atoms with Crippen molar-refractivity contribution in [3.05, 3.63) is 24.2 Å². The van der Waals surface area contributed by atoms with E-state index in [4.69, 9.17) is 9.15 Å². The molecule has 0 amide bonds. The molecule has 0 aliphatic heterocycles. The lowest BCUT2D eigenvalue weighted by Crippen LogP contribution is -2.40. The maximum atomic E-state index is 10.4. The topological polar surface area (TPSA) is 79.0 Å². The molecule has 1 heterocycles. The van der Waals surface area contributed by atoms with Gasteiger partial charge in [-0.3, -0.25) is 0 Å². The highest BCUT2D eigenvalue weighted by Crippen LogP contribution is 2.28. The number of hydrogen-bond acceptors (Lipinski definition) is 4. The Balaban J connectivity index is 0.00000264. The van der Waals surface area contributed by atoms with Crippen molar-refractivity contribution in [2.75, 3.05) is 32.8 Å². The van der Waals surface area contributed by atoms with Crippen LogP contribution in [0.15, 0.2) is 27.8 Å². The van der Waals surface area contributed by atoms with Gasteiger partial charge in [0, 0.05) is 19.7 Å². The first-order valence-electron chi connectivity index (χ1n) is 7.98. The first-order chi connectivity index (χ1) is 10.6. The predicted octanol–water partition coefficient (Wildman–Crippen LogP) is 2.09. The molecule has 6 nitrogen and oxygen atoms in total. The Kier molecular flexibility index (Phi) is 8.93. The molecular weight excluding hydrogens is 409 g/mol. The lowest BCUT2D eigenvalue weighted by Gasteiger charge is -2.19. The normalized spacial score (nSPS) is 17.3. The minimum atomic E-state index is -1.12. The van der Waals surface area contributed by atoms with E-state index in [1.165, 1.54) is 12.8 Å². The van der Waals surface area contributed by atoms with E-state index in [-0.39, 0.29) is 30.5 Å². The molecule has 0 bridgehead atoms. The van der Waals surface area contributed by atoms with Crippen LogP contribution < -0.4 is 10.6 Å². The molecule has 1 aliphatic rings.